The van der Waals surface area contributed by atoms with Gasteiger partial charge in [0.15, 0.2) is 11.9 Å². The van der Waals surface area contributed by atoms with E-state index < -0.39 is 47.8 Å². The molecule has 0 amide bonds. The molecule has 14 heteroatoms. The number of hydrogen-bond donors (Lipinski definition) is 1. The lowest BCUT2D eigenvalue weighted by Crippen LogP contribution is -2.34. The number of hydrogen-bond acceptors (Lipinski definition) is 9. The molecule has 1 aliphatic heterocycles. The molecular weight excluding hydrogens is 487 g/mol. The van der Waals surface area contributed by atoms with Crippen molar-refractivity contribution >= 4 is 29.1 Å². The van der Waals surface area contributed by atoms with Crippen LogP contribution in [0, 0.1) is 0 Å². The van der Waals surface area contributed by atoms with Crippen LogP contribution < -0.4 is 11.4 Å². The molecule has 0 saturated carbocycles. The van der Waals surface area contributed by atoms with Crippen molar-refractivity contribution in [1.29, 1.82) is 0 Å². The summed E-state index contributed by atoms with van der Waals surface area (Å²) >= 11 is 0. The van der Waals surface area contributed by atoms with Crippen molar-refractivity contribution in [3.05, 3.63) is 52.1 Å². The third kappa shape index (κ3) is 5.03. The van der Waals surface area contributed by atoms with Crippen LogP contribution in [0.2, 0.25) is 0 Å². The second-order valence-corrected chi connectivity index (χ2v) is 8.18. The van der Waals surface area contributed by atoms with E-state index in [-0.39, 0.29) is 36.5 Å². The van der Waals surface area contributed by atoms with Gasteiger partial charge in [0.25, 0.3) is 0 Å². The number of methoxy groups -OCH3 is 1. The highest BCUT2D eigenvalue weighted by Gasteiger charge is 2.42. The number of carbonyl (C=O) groups excluding carboxylic acids is 2. The normalized spacial score (nSPS) is 20.0. The number of alkyl halides is 3. The molecule has 0 unspecified atom stereocenters. The molecule has 36 heavy (non-hydrogen) atoms. The Morgan fingerprint density at radius 3 is 2.56 bits per heavy atom. The fourth-order valence-electron chi connectivity index (χ4n) is 4.10. The number of aromatic nitrogens is 4. The Kier molecular flexibility index (Phi) is 6.71. The predicted octanol–water partition coefficient (Wildman–Crippen LogP) is 2.02. The minimum absolute atomic E-state index is 0.0697. The van der Waals surface area contributed by atoms with Crippen molar-refractivity contribution in [2.24, 2.45) is 0 Å². The maximum Gasteiger partial charge on any atom is 0.416 e. The topological polar surface area (TPSA) is 141 Å². The molecule has 3 atom stereocenters. The highest BCUT2D eigenvalue weighted by atomic mass is 19.4. The Hall–Kier alpha value is -3.94. The van der Waals surface area contributed by atoms with Crippen LogP contribution in [0.3, 0.4) is 0 Å². The number of nitrogen functional groups attached to an aromatic ring is 1. The molecule has 1 saturated heterocycles. The van der Waals surface area contributed by atoms with E-state index in [1.165, 1.54) is 36.9 Å². The minimum Gasteiger partial charge on any atom is -0.469 e. The average molecular weight is 509 g/mol. The number of rotatable bonds is 6. The van der Waals surface area contributed by atoms with Gasteiger partial charge in [0, 0.05) is 13.3 Å². The van der Waals surface area contributed by atoms with Crippen LogP contribution in [0.1, 0.15) is 37.1 Å². The smallest absolute Gasteiger partial charge is 0.416 e. The summed E-state index contributed by atoms with van der Waals surface area (Å²) in [6, 6.07) is 4.36. The molecular formula is C22H22F3N5O6. The van der Waals surface area contributed by atoms with Crippen molar-refractivity contribution in [2.45, 2.75) is 50.9 Å². The van der Waals surface area contributed by atoms with Crippen LogP contribution in [-0.4, -0.2) is 50.4 Å². The third-order valence-electron chi connectivity index (χ3n) is 5.69. The van der Waals surface area contributed by atoms with E-state index in [9.17, 15) is 27.6 Å². The molecule has 3 aromatic rings. The standard InChI is InChI=1S/C22H22F3N5O6/c1-11(31)35-16-7-14(8-17(32)34-2)36-19(16)30-18-15(9-27-20(26)28-18)29(21(30)33)10-12-3-5-13(6-4-12)22(23,24)25/h3-6,9,14,16,19H,7-8,10H2,1-2H3,(H2,26,27,28)/t14-,16+,19+/m0/s1. The van der Waals surface area contributed by atoms with Gasteiger partial charge in [-0.15, -0.1) is 0 Å². The number of nitrogens with zero attached hydrogens (tertiary/aromatic N) is 4. The van der Waals surface area contributed by atoms with Gasteiger partial charge in [0.05, 0.1) is 37.9 Å². The molecule has 1 aliphatic rings. The summed E-state index contributed by atoms with van der Waals surface area (Å²) in [5.41, 5.74) is 4.99. The number of halogens is 3. The van der Waals surface area contributed by atoms with Gasteiger partial charge >= 0.3 is 23.8 Å². The number of fused-ring (bicyclic) bond motifs is 1. The summed E-state index contributed by atoms with van der Waals surface area (Å²) in [5, 5.41) is 0. The Morgan fingerprint density at radius 1 is 1.25 bits per heavy atom. The van der Waals surface area contributed by atoms with Gasteiger partial charge in [-0.1, -0.05) is 12.1 Å². The summed E-state index contributed by atoms with van der Waals surface area (Å²) < 4.78 is 57.1. The Balaban J connectivity index is 1.76. The summed E-state index contributed by atoms with van der Waals surface area (Å²) in [6.07, 6.45) is -6.02. The molecule has 4 rings (SSSR count). The second kappa shape index (κ2) is 9.60. The molecule has 3 heterocycles. The zero-order chi connectivity index (χ0) is 26.2. The summed E-state index contributed by atoms with van der Waals surface area (Å²) in [5.74, 6) is -1.31. The van der Waals surface area contributed by atoms with Crippen molar-refractivity contribution in [3.8, 4) is 0 Å². The van der Waals surface area contributed by atoms with Gasteiger partial charge in [-0.05, 0) is 17.7 Å². The van der Waals surface area contributed by atoms with Gasteiger partial charge in [-0.2, -0.15) is 18.2 Å². The van der Waals surface area contributed by atoms with Crippen LogP contribution in [-0.2, 0) is 36.5 Å². The summed E-state index contributed by atoms with van der Waals surface area (Å²) in [6.45, 7) is 1.09. The van der Waals surface area contributed by atoms with Gasteiger partial charge in [-0.3, -0.25) is 14.2 Å². The quantitative estimate of drug-likeness (QED) is 0.494. The highest BCUT2D eigenvalue weighted by molar-refractivity contribution is 5.72. The third-order valence-corrected chi connectivity index (χ3v) is 5.69. The van der Waals surface area contributed by atoms with E-state index in [2.05, 4.69) is 14.7 Å². The second-order valence-electron chi connectivity index (χ2n) is 8.18. The van der Waals surface area contributed by atoms with Crippen LogP contribution >= 0.6 is 0 Å². The Bertz CT molecular complexity index is 1350. The van der Waals surface area contributed by atoms with Gasteiger partial charge in [0.1, 0.15) is 11.6 Å². The van der Waals surface area contributed by atoms with Crippen molar-refractivity contribution in [1.82, 2.24) is 19.1 Å². The minimum atomic E-state index is -4.50. The van der Waals surface area contributed by atoms with Crippen LogP contribution in [0.5, 0.6) is 0 Å². The lowest BCUT2D eigenvalue weighted by Gasteiger charge is -2.19. The van der Waals surface area contributed by atoms with Crippen LogP contribution in [0.25, 0.3) is 11.2 Å². The number of benzene rings is 1. The van der Waals surface area contributed by atoms with Crippen molar-refractivity contribution < 1.29 is 37.0 Å². The first-order valence-electron chi connectivity index (χ1n) is 10.8. The molecule has 192 valence electrons. The molecule has 0 bridgehead atoms. The Morgan fingerprint density at radius 2 is 1.94 bits per heavy atom. The lowest BCUT2D eigenvalue weighted by molar-refractivity contribution is -0.153. The van der Waals surface area contributed by atoms with Crippen LogP contribution in [0.15, 0.2) is 35.3 Å². The fourth-order valence-corrected chi connectivity index (χ4v) is 4.10. The molecule has 1 aromatic carbocycles. The number of nitrogens with two attached hydrogens (primary N) is 1. The number of imidazole rings is 1. The van der Waals surface area contributed by atoms with Gasteiger partial charge in [0.2, 0.25) is 5.95 Å². The van der Waals surface area contributed by atoms with E-state index in [0.29, 0.717) is 5.56 Å². The van der Waals surface area contributed by atoms with E-state index >= 15 is 0 Å². The molecule has 2 N–H and O–H groups in total. The van der Waals surface area contributed by atoms with E-state index in [1.54, 1.807) is 0 Å². The largest absolute Gasteiger partial charge is 0.469 e. The fraction of sp³-hybridized carbons (Fsp3) is 0.409. The lowest BCUT2D eigenvalue weighted by atomic mass is 10.1. The monoisotopic (exact) mass is 509 g/mol. The van der Waals surface area contributed by atoms with Crippen molar-refractivity contribution in [3.63, 3.8) is 0 Å². The van der Waals surface area contributed by atoms with Gasteiger partial charge < -0.3 is 19.9 Å². The SMILES string of the molecule is COC(=O)C[C@@H]1C[C@@H](OC(C)=O)[C@H](n2c(=O)n(Cc3ccc(C(F)(F)F)cc3)c3cnc(N)nc32)O1. The zero-order valence-electron chi connectivity index (χ0n) is 19.2. The first-order valence-corrected chi connectivity index (χ1v) is 10.8. The maximum atomic E-state index is 13.6. The highest BCUT2D eigenvalue weighted by Crippen LogP contribution is 2.34. The Labute approximate surface area is 201 Å². The number of ether oxygens (including phenoxy) is 3. The molecule has 1 fully saturated rings. The van der Waals surface area contributed by atoms with E-state index in [1.807, 2.05) is 0 Å². The molecule has 11 nitrogen and oxygen atoms in total. The van der Waals surface area contributed by atoms with E-state index in [4.69, 9.17) is 15.2 Å². The maximum absolute atomic E-state index is 13.6. The molecule has 0 aliphatic carbocycles. The first kappa shape index (κ1) is 25.2. The molecule has 0 radical (unpaired) electrons. The first-order chi connectivity index (χ1) is 17.0. The zero-order valence-corrected chi connectivity index (χ0v) is 19.2. The van der Waals surface area contributed by atoms with Gasteiger partial charge in [-0.25, -0.2) is 14.3 Å². The number of anilines is 1. The van der Waals surface area contributed by atoms with Crippen LogP contribution in [0.4, 0.5) is 19.1 Å². The average Bonchev–Trinajstić information content (AvgIpc) is 3.29. The van der Waals surface area contributed by atoms with E-state index in [0.717, 1.165) is 16.7 Å². The summed E-state index contributed by atoms with van der Waals surface area (Å²) in [7, 11) is 1.22. The number of esters is 2. The number of carbonyl (C=O) groups is 2. The molecule has 0 spiro atoms. The van der Waals surface area contributed by atoms with Crippen molar-refractivity contribution in [2.75, 3.05) is 12.8 Å². The molecule has 2 aromatic heterocycles. The summed E-state index contributed by atoms with van der Waals surface area (Å²) in [4.78, 5) is 45.1. The predicted molar refractivity (Wildman–Crippen MR) is 117 cm³/mol.